The number of halogens is 2. The third kappa shape index (κ3) is 1.84. The van der Waals surface area contributed by atoms with Gasteiger partial charge in [-0.3, -0.25) is 4.40 Å². The molecule has 0 amide bonds. The van der Waals surface area contributed by atoms with E-state index in [2.05, 4.69) is 44.5 Å². The maximum atomic E-state index is 6.24. The average Bonchev–Trinajstić information content (AvgIpc) is 2.67. The van der Waals surface area contributed by atoms with Crippen LogP contribution in [0.2, 0.25) is 5.02 Å². The number of imidazole rings is 1. The van der Waals surface area contributed by atoms with Crippen LogP contribution in [0, 0.1) is 6.92 Å². The minimum Gasteiger partial charge on any atom is -0.298 e. The molecule has 90 valence electrons. The van der Waals surface area contributed by atoms with Crippen molar-refractivity contribution in [1.82, 2.24) is 9.38 Å². The number of aromatic nitrogens is 2. The molecule has 0 saturated heterocycles. The van der Waals surface area contributed by atoms with Gasteiger partial charge in [0.05, 0.1) is 10.5 Å². The van der Waals surface area contributed by atoms with E-state index in [1.807, 2.05) is 30.3 Å². The van der Waals surface area contributed by atoms with Crippen molar-refractivity contribution in [2.24, 2.45) is 0 Å². The van der Waals surface area contributed by atoms with Crippen molar-refractivity contribution in [3.63, 3.8) is 0 Å². The summed E-state index contributed by atoms with van der Waals surface area (Å²) in [6.07, 6.45) is 2.06. The number of hydrogen-bond donors (Lipinski definition) is 0. The van der Waals surface area contributed by atoms with Gasteiger partial charge in [0, 0.05) is 11.8 Å². The Morgan fingerprint density at radius 3 is 2.72 bits per heavy atom. The van der Waals surface area contributed by atoms with Gasteiger partial charge >= 0.3 is 0 Å². The number of hydrogen-bond acceptors (Lipinski definition) is 1. The van der Waals surface area contributed by atoms with E-state index in [1.165, 1.54) is 5.56 Å². The maximum absolute atomic E-state index is 6.24. The van der Waals surface area contributed by atoms with Crippen molar-refractivity contribution >= 4 is 33.0 Å². The largest absolute Gasteiger partial charge is 0.298 e. The van der Waals surface area contributed by atoms with E-state index < -0.39 is 0 Å². The summed E-state index contributed by atoms with van der Waals surface area (Å²) >= 11 is 9.73. The van der Waals surface area contributed by atoms with Crippen molar-refractivity contribution in [1.29, 1.82) is 0 Å². The second kappa shape index (κ2) is 4.41. The lowest BCUT2D eigenvalue weighted by Gasteiger charge is -2.04. The molecule has 0 unspecified atom stereocenters. The first-order chi connectivity index (χ1) is 8.66. The number of aryl methyl sites for hydroxylation is 1. The molecule has 0 N–H and O–H groups in total. The Morgan fingerprint density at radius 2 is 1.94 bits per heavy atom. The van der Waals surface area contributed by atoms with Gasteiger partial charge in [-0.2, -0.15) is 0 Å². The third-order valence-corrected chi connectivity index (χ3v) is 3.77. The molecule has 3 rings (SSSR count). The summed E-state index contributed by atoms with van der Waals surface area (Å²) in [7, 11) is 0. The number of pyridine rings is 1. The fraction of sp³-hybridized carbons (Fsp3) is 0.0714. The predicted octanol–water partition coefficient (Wildman–Crippen LogP) is 4.73. The van der Waals surface area contributed by atoms with Gasteiger partial charge < -0.3 is 0 Å². The predicted molar refractivity (Wildman–Crippen MR) is 78.1 cm³/mol. The molecular weight excluding hydrogens is 312 g/mol. The second-order valence-electron chi connectivity index (χ2n) is 4.17. The Bertz CT molecular complexity index is 734. The lowest BCUT2D eigenvalue weighted by atomic mass is 10.2. The van der Waals surface area contributed by atoms with Crippen LogP contribution in [0.1, 0.15) is 5.56 Å². The fourth-order valence-electron chi connectivity index (χ4n) is 1.99. The number of rotatable bonds is 1. The van der Waals surface area contributed by atoms with E-state index in [9.17, 15) is 0 Å². The van der Waals surface area contributed by atoms with E-state index >= 15 is 0 Å². The second-order valence-corrected chi connectivity index (χ2v) is 5.33. The monoisotopic (exact) mass is 320 g/mol. The average molecular weight is 322 g/mol. The van der Waals surface area contributed by atoms with Gasteiger partial charge in [-0.05, 0) is 46.6 Å². The van der Waals surface area contributed by atoms with Gasteiger partial charge in [0.2, 0.25) is 0 Å². The first kappa shape index (κ1) is 11.8. The lowest BCUT2D eigenvalue weighted by Crippen LogP contribution is -1.90. The van der Waals surface area contributed by atoms with Crippen LogP contribution in [0.25, 0.3) is 16.9 Å². The van der Waals surface area contributed by atoms with Gasteiger partial charge in [-0.15, -0.1) is 0 Å². The van der Waals surface area contributed by atoms with E-state index in [-0.39, 0.29) is 0 Å². The Kier molecular flexibility index (Phi) is 2.88. The van der Waals surface area contributed by atoms with E-state index in [1.54, 1.807) is 0 Å². The van der Waals surface area contributed by atoms with Crippen molar-refractivity contribution in [3.05, 3.63) is 57.8 Å². The Balaban J connectivity index is 2.36. The topological polar surface area (TPSA) is 17.3 Å². The van der Waals surface area contributed by atoms with Gasteiger partial charge in [-0.25, -0.2) is 4.98 Å². The highest BCUT2D eigenvalue weighted by atomic mass is 79.9. The zero-order chi connectivity index (χ0) is 12.7. The highest BCUT2D eigenvalue weighted by Gasteiger charge is 2.12. The molecule has 0 aliphatic carbocycles. The van der Waals surface area contributed by atoms with Crippen LogP contribution in [0.15, 0.2) is 47.2 Å². The van der Waals surface area contributed by atoms with E-state index in [4.69, 9.17) is 11.6 Å². The highest BCUT2D eigenvalue weighted by Crippen LogP contribution is 2.30. The Hall–Kier alpha value is -1.32. The summed E-state index contributed by atoms with van der Waals surface area (Å²) in [4.78, 5) is 4.56. The first-order valence-corrected chi connectivity index (χ1v) is 6.73. The van der Waals surface area contributed by atoms with Crippen LogP contribution < -0.4 is 0 Å². The first-order valence-electron chi connectivity index (χ1n) is 5.56. The Labute approximate surface area is 118 Å². The fourth-order valence-corrected chi connectivity index (χ4v) is 2.70. The van der Waals surface area contributed by atoms with Crippen LogP contribution in [-0.2, 0) is 0 Å². The van der Waals surface area contributed by atoms with Gasteiger partial charge in [-0.1, -0.05) is 29.8 Å². The van der Waals surface area contributed by atoms with E-state index in [0.717, 1.165) is 21.5 Å². The minimum absolute atomic E-state index is 0.707. The van der Waals surface area contributed by atoms with E-state index in [0.29, 0.717) is 5.02 Å². The van der Waals surface area contributed by atoms with Gasteiger partial charge in [0.1, 0.15) is 10.4 Å². The molecule has 2 heterocycles. The summed E-state index contributed by atoms with van der Waals surface area (Å²) in [5.41, 5.74) is 3.15. The summed E-state index contributed by atoms with van der Waals surface area (Å²) in [5, 5.41) is 0.707. The molecule has 4 heteroatoms. The molecule has 2 aromatic heterocycles. The SMILES string of the molecule is Cc1ccc2c(Br)nc(-c3ccccc3Cl)n2c1. The molecule has 0 atom stereocenters. The molecule has 1 aromatic carbocycles. The zero-order valence-corrected chi connectivity index (χ0v) is 12.0. The molecule has 2 nitrogen and oxygen atoms in total. The lowest BCUT2D eigenvalue weighted by molar-refractivity contribution is 1.14. The number of fused-ring (bicyclic) bond motifs is 1. The molecule has 0 bridgehead atoms. The molecule has 0 aliphatic rings. The number of benzene rings is 1. The standard InChI is InChI=1S/C14H10BrClN2/c1-9-6-7-12-13(15)17-14(18(12)8-9)10-4-2-3-5-11(10)16/h2-8H,1H3. The highest BCUT2D eigenvalue weighted by molar-refractivity contribution is 9.10. The van der Waals surface area contributed by atoms with Gasteiger partial charge in [0.15, 0.2) is 0 Å². The maximum Gasteiger partial charge on any atom is 0.147 e. The molecular formula is C14H10BrClN2. The molecule has 0 spiro atoms. The zero-order valence-electron chi connectivity index (χ0n) is 9.69. The molecule has 0 fully saturated rings. The smallest absolute Gasteiger partial charge is 0.147 e. The Morgan fingerprint density at radius 1 is 1.17 bits per heavy atom. The molecule has 0 saturated carbocycles. The van der Waals surface area contributed by atoms with Crippen molar-refractivity contribution < 1.29 is 0 Å². The van der Waals surface area contributed by atoms with Crippen molar-refractivity contribution in [3.8, 4) is 11.4 Å². The quantitative estimate of drug-likeness (QED) is 0.633. The summed E-state index contributed by atoms with van der Waals surface area (Å²) in [6, 6.07) is 11.9. The van der Waals surface area contributed by atoms with Crippen molar-refractivity contribution in [2.75, 3.05) is 0 Å². The summed E-state index contributed by atoms with van der Waals surface area (Å²) < 4.78 is 2.89. The number of nitrogens with zero attached hydrogens (tertiary/aromatic N) is 2. The minimum atomic E-state index is 0.707. The van der Waals surface area contributed by atoms with Crippen LogP contribution in [0.3, 0.4) is 0 Å². The van der Waals surface area contributed by atoms with Crippen LogP contribution in [0.5, 0.6) is 0 Å². The molecule has 3 aromatic rings. The van der Waals surface area contributed by atoms with Crippen LogP contribution in [-0.4, -0.2) is 9.38 Å². The molecule has 0 radical (unpaired) electrons. The normalized spacial score (nSPS) is 11.1. The van der Waals surface area contributed by atoms with Crippen LogP contribution in [0.4, 0.5) is 0 Å². The molecule has 18 heavy (non-hydrogen) atoms. The third-order valence-electron chi connectivity index (χ3n) is 2.85. The molecule has 0 aliphatic heterocycles. The van der Waals surface area contributed by atoms with Crippen LogP contribution >= 0.6 is 27.5 Å². The summed E-state index contributed by atoms with van der Waals surface area (Å²) in [5.74, 6) is 0.853. The van der Waals surface area contributed by atoms with Crippen molar-refractivity contribution in [2.45, 2.75) is 6.92 Å². The summed E-state index contributed by atoms with van der Waals surface area (Å²) in [6.45, 7) is 2.06. The van der Waals surface area contributed by atoms with Gasteiger partial charge in [0.25, 0.3) is 0 Å².